The van der Waals surface area contributed by atoms with Crippen LogP contribution in [0.2, 0.25) is 0 Å². The average molecular weight is 382 g/mol. The van der Waals surface area contributed by atoms with E-state index in [9.17, 15) is 9.59 Å². The maximum absolute atomic E-state index is 12.6. The van der Waals surface area contributed by atoms with Gasteiger partial charge in [-0.1, -0.05) is 44.2 Å². The van der Waals surface area contributed by atoms with Crippen molar-refractivity contribution in [3.8, 4) is 10.6 Å². The second kappa shape index (κ2) is 8.77. The number of carbonyl (C=O) groups is 2. The van der Waals surface area contributed by atoms with Crippen LogP contribution in [0.5, 0.6) is 0 Å². The predicted octanol–water partition coefficient (Wildman–Crippen LogP) is 4.42. The van der Waals surface area contributed by atoms with E-state index in [1.165, 1.54) is 11.3 Å². The fraction of sp³-hybridized carbons (Fsp3) is 0.286. The summed E-state index contributed by atoms with van der Waals surface area (Å²) in [5, 5.41) is 3.62. The second-order valence-electron chi connectivity index (χ2n) is 6.19. The summed E-state index contributed by atoms with van der Waals surface area (Å²) >= 11 is 1.52. The highest BCUT2D eigenvalue weighted by Crippen LogP contribution is 2.32. The van der Waals surface area contributed by atoms with Gasteiger partial charge in [0.25, 0.3) is 5.91 Å². The van der Waals surface area contributed by atoms with E-state index in [1.807, 2.05) is 50.2 Å². The number of nitrogens with one attached hydrogen (secondary N) is 1. The molecule has 5 nitrogen and oxygen atoms in total. The zero-order valence-corrected chi connectivity index (χ0v) is 16.2. The molecule has 0 atom stereocenters. The molecule has 0 bridgehead atoms. The molecule has 0 aliphatic heterocycles. The Morgan fingerprint density at radius 3 is 2.52 bits per heavy atom. The fourth-order valence-corrected chi connectivity index (χ4v) is 3.81. The Morgan fingerprint density at radius 2 is 1.78 bits per heavy atom. The standard InChI is InChI=1S/C21H22N2O3S/c1-3-14(4-2)22-19(24)13-26-21(25)16-10-6-5-9-15(16)20-23-17-11-7-8-12-18(17)27-20/h5-12,14H,3-4,13H2,1-2H3,(H,22,24). The molecule has 27 heavy (non-hydrogen) atoms. The lowest BCUT2D eigenvalue weighted by Crippen LogP contribution is -2.36. The summed E-state index contributed by atoms with van der Waals surface area (Å²) in [6, 6.07) is 15.1. The zero-order chi connectivity index (χ0) is 19.2. The molecule has 0 fully saturated rings. The molecule has 1 aromatic heterocycles. The Bertz CT molecular complexity index is 914. The van der Waals surface area contributed by atoms with E-state index in [0.717, 1.165) is 28.1 Å². The van der Waals surface area contributed by atoms with Crippen molar-refractivity contribution in [2.75, 3.05) is 6.61 Å². The molecule has 3 rings (SSSR count). The zero-order valence-electron chi connectivity index (χ0n) is 15.4. The van der Waals surface area contributed by atoms with Crippen molar-refractivity contribution in [3.63, 3.8) is 0 Å². The van der Waals surface area contributed by atoms with E-state index in [4.69, 9.17) is 4.74 Å². The lowest BCUT2D eigenvalue weighted by Gasteiger charge is -2.14. The minimum Gasteiger partial charge on any atom is -0.452 e. The van der Waals surface area contributed by atoms with Gasteiger partial charge in [-0.2, -0.15) is 0 Å². The van der Waals surface area contributed by atoms with Gasteiger partial charge in [-0.3, -0.25) is 4.79 Å². The normalized spacial score (nSPS) is 10.9. The Balaban J connectivity index is 1.75. The minimum absolute atomic E-state index is 0.103. The van der Waals surface area contributed by atoms with Crippen LogP contribution in [0.1, 0.15) is 37.0 Å². The number of nitrogens with zero attached hydrogens (tertiary/aromatic N) is 1. The van der Waals surface area contributed by atoms with E-state index >= 15 is 0 Å². The molecule has 0 saturated heterocycles. The summed E-state index contributed by atoms with van der Waals surface area (Å²) in [6.45, 7) is 3.73. The summed E-state index contributed by atoms with van der Waals surface area (Å²) < 4.78 is 6.30. The van der Waals surface area contributed by atoms with E-state index in [-0.39, 0.29) is 18.6 Å². The molecule has 0 unspecified atom stereocenters. The molecule has 0 spiro atoms. The van der Waals surface area contributed by atoms with Crippen molar-refractivity contribution in [2.45, 2.75) is 32.7 Å². The molecular weight excluding hydrogens is 360 g/mol. The van der Waals surface area contributed by atoms with Crippen LogP contribution in [-0.2, 0) is 9.53 Å². The van der Waals surface area contributed by atoms with Gasteiger partial charge in [-0.15, -0.1) is 11.3 Å². The molecule has 0 radical (unpaired) electrons. The van der Waals surface area contributed by atoms with Gasteiger partial charge in [0.15, 0.2) is 6.61 Å². The summed E-state index contributed by atoms with van der Waals surface area (Å²) in [4.78, 5) is 29.2. The lowest BCUT2D eigenvalue weighted by molar-refractivity contribution is -0.125. The number of aromatic nitrogens is 1. The van der Waals surface area contributed by atoms with Crippen LogP contribution in [0.4, 0.5) is 0 Å². The summed E-state index contributed by atoms with van der Waals surface area (Å²) in [6.07, 6.45) is 1.69. The minimum atomic E-state index is -0.524. The number of rotatable bonds is 7. The Morgan fingerprint density at radius 1 is 1.07 bits per heavy atom. The van der Waals surface area contributed by atoms with Crippen LogP contribution in [-0.4, -0.2) is 29.5 Å². The SMILES string of the molecule is CCC(CC)NC(=O)COC(=O)c1ccccc1-c1nc2ccccc2s1. The van der Waals surface area contributed by atoms with E-state index in [1.54, 1.807) is 12.1 Å². The summed E-state index contributed by atoms with van der Waals surface area (Å²) in [5.41, 5.74) is 2.02. The van der Waals surface area contributed by atoms with E-state index < -0.39 is 5.97 Å². The van der Waals surface area contributed by atoms with Crippen molar-refractivity contribution < 1.29 is 14.3 Å². The number of fused-ring (bicyclic) bond motifs is 1. The third-order valence-electron chi connectivity index (χ3n) is 4.36. The molecule has 0 saturated carbocycles. The van der Waals surface area contributed by atoms with Crippen LogP contribution in [0.25, 0.3) is 20.8 Å². The van der Waals surface area contributed by atoms with Crippen molar-refractivity contribution in [1.82, 2.24) is 10.3 Å². The molecule has 0 aliphatic carbocycles. The number of amides is 1. The van der Waals surface area contributed by atoms with Gasteiger partial charge in [0.2, 0.25) is 0 Å². The Hall–Kier alpha value is -2.73. The van der Waals surface area contributed by atoms with Gasteiger partial charge in [0.05, 0.1) is 15.8 Å². The Kier molecular flexibility index (Phi) is 6.19. The smallest absolute Gasteiger partial charge is 0.339 e. The van der Waals surface area contributed by atoms with Gasteiger partial charge >= 0.3 is 5.97 Å². The molecule has 1 N–H and O–H groups in total. The van der Waals surface area contributed by atoms with Crippen LogP contribution in [0, 0.1) is 0 Å². The largest absolute Gasteiger partial charge is 0.452 e. The number of benzene rings is 2. The maximum Gasteiger partial charge on any atom is 0.339 e. The van der Waals surface area contributed by atoms with E-state index in [0.29, 0.717) is 11.1 Å². The summed E-state index contributed by atoms with van der Waals surface area (Å²) in [7, 11) is 0. The van der Waals surface area contributed by atoms with Gasteiger partial charge < -0.3 is 10.1 Å². The molecule has 2 aromatic carbocycles. The molecule has 1 heterocycles. The van der Waals surface area contributed by atoms with Crippen molar-refractivity contribution in [3.05, 3.63) is 54.1 Å². The van der Waals surface area contributed by atoms with Gasteiger partial charge in [-0.05, 0) is 31.0 Å². The first-order valence-corrected chi connectivity index (χ1v) is 9.85. The first kappa shape index (κ1) is 19.0. The number of thiazole rings is 1. The summed E-state index contributed by atoms with van der Waals surface area (Å²) in [5.74, 6) is -0.806. The topological polar surface area (TPSA) is 68.3 Å². The predicted molar refractivity (Wildman–Crippen MR) is 108 cm³/mol. The van der Waals surface area contributed by atoms with Crippen LogP contribution in [0.3, 0.4) is 0 Å². The van der Waals surface area contributed by atoms with Crippen LogP contribution >= 0.6 is 11.3 Å². The lowest BCUT2D eigenvalue weighted by atomic mass is 10.1. The number of carbonyl (C=O) groups excluding carboxylic acids is 2. The first-order valence-electron chi connectivity index (χ1n) is 9.03. The number of ether oxygens (including phenoxy) is 1. The molecule has 3 aromatic rings. The van der Waals surface area contributed by atoms with Crippen molar-refractivity contribution >= 4 is 33.4 Å². The monoisotopic (exact) mass is 382 g/mol. The van der Waals surface area contributed by atoms with Gasteiger partial charge in [0, 0.05) is 11.6 Å². The van der Waals surface area contributed by atoms with Gasteiger partial charge in [-0.25, -0.2) is 9.78 Å². The third-order valence-corrected chi connectivity index (χ3v) is 5.43. The Labute approximate surface area is 162 Å². The molecule has 0 aliphatic rings. The third kappa shape index (κ3) is 4.52. The molecule has 6 heteroatoms. The second-order valence-corrected chi connectivity index (χ2v) is 7.22. The molecule has 140 valence electrons. The molecule has 1 amide bonds. The van der Waals surface area contributed by atoms with Crippen molar-refractivity contribution in [2.24, 2.45) is 0 Å². The average Bonchev–Trinajstić information content (AvgIpc) is 3.14. The van der Waals surface area contributed by atoms with E-state index in [2.05, 4.69) is 10.3 Å². The van der Waals surface area contributed by atoms with Gasteiger partial charge in [0.1, 0.15) is 5.01 Å². The highest BCUT2D eigenvalue weighted by Gasteiger charge is 2.18. The maximum atomic E-state index is 12.6. The fourth-order valence-electron chi connectivity index (χ4n) is 2.81. The van der Waals surface area contributed by atoms with Crippen LogP contribution < -0.4 is 5.32 Å². The quantitative estimate of drug-likeness (QED) is 0.614. The van der Waals surface area contributed by atoms with Crippen LogP contribution in [0.15, 0.2) is 48.5 Å². The number of hydrogen-bond acceptors (Lipinski definition) is 5. The number of para-hydroxylation sites is 1. The number of hydrogen-bond donors (Lipinski definition) is 1. The highest BCUT2D eigenvalue weighted by molar-refractivity contribution is 7.21. The van der Waals surface area contributed by atoms with Crippen molar-refractivity contribution in [1.29, 1.82) is 0 Å². The number of esters is 1. The first-order chi connectivity index (χ1) is 13.1. The molecular formula is C21H22N2O3S. The highest BCUT2D eigenvalue weighted by atomic mass is 32.1.